The highest BCUT2D eigenvalue weighted by Gasteiger charge is 2.53. The van der Waals surface area contributed by atoms with Crippen molar-refractivity contribution in [3.8, 4) is 11.8 Å². The zero-order chi connectivity index (χ0) is 24.8. The van der Waals surface area contributed by atoms with Gasteiger partial charge in [0.2, 0.25) is 5.91 Å². The van der Waals surface area contributed by atoms with Crippen LogP contribution in [-0.4, -0.2) is 35.4 Å². The topological polar surface area (TPSA) is 120 Å². The molecule has 0 radical (unpaired) electrons. The standard InChI is InChI=1S/C26H25N5O3S/c1-34-20-11-9-19(10-12-20)26(13-14-26)25(33)31(15-5-8-18-6-3-2-4-7-18)17-22-29-23(24(32)30-28)21(16-27)35-22/h2-4,6-7,9-12,28H,5,8,13-15,17H2,1H3. The van der Waals surface area contributed by atoms with Crippen molar-refractivity contribution in [1.82, 2.24) is 9.88 Å². The number of nitrogens with one attached hydrogen (secondary N) is 1. The highest BCUT2D eigenvalue weighted by Crippen LogP contribution is 2.50. The summed E-state index contributed by atoms with van der Waals surface area (Å²) in [5.41, 5.74) is 8.42. The number of aryl methyl sites for hydroxylation is 1. The van der Waals surface area contributed by atoms with Crippen LogP contribution in [0.2, 0.25) is 0 Å². The molecule has 1 aliphatic carbocycles. The van der Waals surface area contributed by atoms with E-state index in [9.17, 15) is 14.9 Å². The van der Waals surface area contributed by atoms with Crippen LogP contribution in [-0.2, 0) is 23.2 Å². The molecule has 0 saturated heterocycles. The first kappa shape index (κ1) is 24.2. The molecule has 1 N–H and O–H groups in total. The highest BCUT2D eigenvalue weighted by atomic mass is 32.1. The second kappa shape index (κ2) is 10.6. The Kier molecular flexibility index (Phi) is 7.32. The third-order valence-corrected chi connectivity index (χ3v) is 7.17. The van der Waals surface area contributed by atoms with Gasteiger partial charge in [0.15, 0.2) is 5.69 Å². The SMILES string of the molecule is COc1ccc(C2(C(=O)N(CCCc3ccccc3)Cc3nc(C(=O)N=N)c(C#N)s3)CC2)cc1. The summed E-state index contributed by atoms with van der Waals surface area (Å²) in [5, 5.41) is 12.8. The second-order valence-electron chi connectivity index (χ2n) is 8.44. The Morgan fingerprint density at radius 2 is 1.91 bits per heavy atom. The van der Waals surface area contributed by atoms with Crippen LogP contribution < -0.4 is 4.74 Å². The smallest absolute Gasteiger partial charge is 0.315 e. The van der Waals surface area contributed by atoms with E-state index < -0.39 is 11.3 Å². The number of amides is 2. The number of carbonyl (C=O) groups is 2. The molecule has 8 nitrogen and oxygen atoms in total. The van der Waals surface area contributed by atoms with Gasteiger partial charge < -0.3 is 9.64 Å². The zero-order valence-electron chi connectivity index (χ0n) is 19.4. The van der Waals surface area contributed by atoms with Crippen LogP contribution in [0.5, 0.6) is 5.75 Å². The summed E-state index contributed by atoms with van der Waals surface area (Å²) in [6, 6.07) is 19.7. The molecule has 1 aliphatic rings. The van der Waals surface area contributed by atoms with Crippen molar-refractivity contribution >= 4 is 23.2 Å². The van der Waals surface area contributed by atoms with Gasteiger partial charge >= 0.3 is 5.91 Å². The Balaban J connectivity index is 1.58. The molecule has 35 heavy (non-hydrogen) atoms. The molecule has 4 rings (SSSR count). The second-order valence-corrected chi connectivity index (χ2v) is 9.52. The van der Waals surface area contributed by atoms with Crippen LogP contribution in [0.25, 0.3) is 0 Å². The predicted molar refractivity (Wildman–Crippen MR) is 130 cm³/mol. The van der Waals surface area contributed by atoms with Crippen molar-refractivity contribution < 1.29 is 14.3 Å². The molecule has 9 heteroatoms. The fraction of sp³-hybridized carbons (Fsp3) is 0.308. The minimum Gasteiger partial charge on any atom is -0.497 e. The summed E-state index contributed by atoms with van der Waals surface area (Å²) in [7, 11) is 1.61. The van der Waals surface area contributed by atoms with Gasteiger partial charge in [0.05, 0.1) is 19.1 Å². The van der Waals surface area contributed by atoms with E-state index in [0.717, 1.165) is 48.3 Å². The lowest BCUT2D eigenvalue weighted by molar-refractivity contribution is -0.134. The molecule has 0 aliphatic heterocycles. The molecule has 1 aromatic heterocycles. The number of carbonyl (C=O) groups excluding carboxylic acids is 2. The minimum absolute atomic E-state index is 0.0162. The number of aromatic nitrogens is 1. The lowest BCUT2D eigenvalue weighted by Gasteiger charge is -2.27. The van der Waals surface area contributed by atoms with Crippen LogP contribution in [0.1, 0.15) is 50.8 Å². The third-order valence-electron chi connectivity index (χ3n) is 6.23. The zero-order valence-corrected chi connectivity index (χ0v) is 20.2. The molecule has 1 saturated carbocycles. The fourth-order valence-corrected chi connectivity index (χ4v) is 5.07. The fourth-order valence-electron chi connectivity index (χ4n) is 4.20. The average Bonchev–Trinajstić information content (AvgIpc) is 3.61. The van der Waals surface area contributed by atoms with E-state index in [1.54, 1.807) is 12.0 Å². The Morgan fingerprint density at radius 3 is 2.51 bits per heavy atom. The van der Waals surface area contributed by atoms with Gasteiger partial charge in [-0.1, -0.05) is 42.5 Å². The van der Waals surface area contributed by atoms with Crippen molar-refractivity contribution in [2.75, 3.05) is 13.7 Å². The number of nitrogens with zero attached hydrogens (tertiary/aromatic N) is 4. The lowest BCUT2D eigenvalue weighted by Crippen LogP contribution is -2.39. The summed E-state index contributed by atoms with van der Waals surface area (Å²) in [4.78, 5) is 31.9. The van der Waals surface area contributed by atoms with Gasteiger partial charge in [-0.2, -0.15) is 5.26 Å². The largest absolute Gasteiger partial charge is 0.497 e. The molecule has 178 valence electrons. The van der Waals surface area contributed by atoms with Gasteiger partial charge in [-0.3, -0.25) is 9.59 Å². The average molecular weight is 488 g/mol. The Morgan fingerprint density at radius 1 is 1.20 bits per heavy atom. The molecule has 0 atom stereocenters. The van der Waals surface area contributed by atoms with Crippen LogP contribution >= 0.6 is 11.3 Å². The molecule has 1 fully saturated rings. The molecule has 0 spiro atoms. The van der Waals surface area contributed by atoms with Gasteiger partial charge in [-0.05, 0) is 48.9 Å². The lowest BCUT2D eigenvalue weighted by atomic mass is 9.94. The number of hydrogen-bond donors (Lipinski definition) is 1. The molecule has 3 aromatic rings. The Hall–Kier alpha value is -3.90. The third kappa shape index (κ3) is 5.28. The molecule has 0 unspecified atom stereocenters. The van der Waals surface area contributed by atoms with Gasteiger partial charge in [0, 0.05) is 6.54 Å². The van der Waals surface area contributed by atoms with Crippen molar-refractivity contribution in [1.29, 1.82) is 10.8 Å². The van der Waals surface area contributed by atoms with E-state index >= 15 is 0 Å². The van der Waals surface area contributed by atoms with E-state index in [4.69, 9.17) is 10.3 Å². The van der Waals surface area contributed by atoms with E-state index in [2.05, 4.69) is 22.2 Å². The summed E-state index contributed by atoms with van der Waals surface area (Å²) in [6.07, 6.45) is 3.11. The van der Waals surface area contributed by atoms with Crippen LogP contribution in [0.3, 0.4) is 0 Å². The quantitative estimate of drug-likeness (QED) is 0.408. The number of ether oxygens (including phenoxy) is 1. The molecule has 2 amide bonds. The first-order valence-electron chi connectivity index (χ1n) is 11.3. The Bertz CT molecular complexity index is 1260. The number of hydrogen-bond acceptors (Lipinski definition) is 7. The van der Waals surface area contributed by atoms with Gasteiger partial charge in [-0.25, -0.2) is 10.5 Å². The summed E-state index contributed by atoms with van der Waals surface area (Å²) in [5.74, 6) is -0.106. The van der Waals surface area contributed by atoms with E-state index in [1.807, 2.05) is 48.5 Å². The van der Waals surface area contributed by atoms with Crippen LogP contribution in [0, 0.1) is 16.9 Å². The normalized spacial score (nSPS) is 13.5. The monoisotopic (exact) mass is 487 g/mol. The number of nitriles is 1. The highest BCUT2D eigenvalue weighted by molar-refractivity contribution is 7.12. The van der Waals surface area contributed by atoms with Crippen molar-refractivity contribution in [3.63, 3.8) is 0 Å². The summed E-state index contributed by atoms with van der Waals surface area (Å²) < 4.78 is 5.26. The van der Waals surface area contributed by atoms with Gasteiger partial charge in [0.1, 0.15) is 21.7 Å². The maximum absolute atomic E-state index is 13.9. The summed E-state index contributed by atoms with van der Waals surface area (Å²) >= 11 is 1.06. The maximum Gasteiger partial charge on any atom is 0.315 e. The number of benzene rings is 2. The van der Waals surface area contributed by atoms with Crippen molar-refractivity contribution in [2.45, 2.75) is 37.6 Å². The maximum atomic E-state index is 13.9. The molecular formula is C26H25N5O3S. The number of thiazole rings is 1. The van der Waals surface area contributed by atoms with E-state index in [1.165, 1.54) is 5.56 Å². The first-order valence-corrected chi connectivity index (χ1v) is 12.1. The van der Waals surface area contributed by atoms with Crippen molar-refractivity contribution in [3.05, 3.63) is 81.3 Å². The predicted octanol–water partition coefficient (Wildman–Crippen LogP) is 4.89. The molecule has 1 heterocycles. The van der Waals surface area contributed by atoms with E-state index in [-0.39, 0.29) is 23.0 Å². The Labute approximate surface area is 207 Å². The van der Waals surface area contributed by atoms with Gasteiger partial charge in [-0.15, -0.1) is 16.5 Å². The first-order chi connectivity index (χ1) is 17.0. The molecule has 2 aromatic carbocycles. The molecular weight excluding hydrogens is 462 g/mol. The minimum atomic E-state index is -0.858. The van der Waals surface area contributed by atoms with Crippen LogP contribution in [0.15, 0.2) is 59.7 Å². The summed E-state index contributed by atoms with van der Waals surface area (Å²) in [6.45, 7) is 0.704. The number of methoxy groups -OCH3 is 1. The number of rotatable bonds is 10. The van der Waals surface area contributed by atoms with Crippen molar-refractivity contribution in [2.24, 2.45) is 5.11 Å². The van der Waals surface area contributed by atoms with E-state index in [0.29, 0.717) is 11.6 Å². The van der Waals surface area contributed by atoms with Crippen LogP contribution in [0.4, 0.5) is 0 Å². The van der Waals surface area contributed by atoms with Gasteiger partial charge in [0.25, 0.3) is 0 Å². The molecule has 0 bridgehead atoms.